The van der Waals surface area contributed by atoms with Crippen molar-refractivity contribution in [2.45, 2.75) is 58.8 Å². The first kappa shape index (κ1) is 27.4. The second-order valence-electron chi connectivity index (χ2n) is 8.16. The molecule has 0 atom stereocenters. The van der Waals surface area contributed by atoms with E-state index in [1.54, 1.807) is 0 Å². The largest absolute Gasteiger partial charge is 0.381 e. The lowest BCUT2D eigenvalue weighted by Crippen LogP contribution is -2.51. The topological polar surface area (TPSA) is 69.2 Å². The van der Waals surface area contributed by atoms with Gasteiger partial charge >= 0.3 is 0 Å². The third kappa shape index (κ3) is 10.6. The number of hydrogen-bond acceptors (Lipinski definition) is 4. The Hall–Kier alpha value is -0.610. The van der Waals surface area contributed by atoms with Crippen LogP contribution in [0.15, 0.2) is 4.99 Å². The van der Waals surface area contributed by atoms with Crippen molar-refractivity contribution >= 4 is 35.8 Å². The molecule has 2 fully saturated rings. The summed E-state index contributed by atoms with van der Waals surface area (Å²) in [5, 5.41) is 6.75. The smallest absolute Gasteiger partial charge is 0.225 e. The predicted molar refractivity (Wildman–Crippen MR) is 135 cm³/mol. The summed E-state index contributed by atoms with van der Waals surface area (Å²) in [7, 11) is 0. The first-order chi connectivity index (χ1) is 14.2. The van der Waals surface area contributed by atoms with Crippen LogP contribution in [0, 0.1) is 5.92 Å². The normalized spacial score (nSPS) is 18.3. The first-order valence-corrected chi connectivity index (χ1v) is 11.9. The average Bonchev–Trinajstić information content (AvgIpc) is 3.28. The number of rotatable bonds is 12. The number of halogens is 1. The number of guanidine groups is 1. The van der Waals surface area contributed by atoms with Crippen molar-refractivity contribution in [1.29, 1.82) is 0 Å². The predicted octanol–water partition coefficient (Wildman–Crippen LogP) is 2.70. The monoisotopic (exact) mass is 537 g/mol. The maximum Gasteiger partial charge on any atom is 0.225 e. The van der Waals surface area contributed by atoms with Crippen molar-refractivity contribution in [2.75, 3.05) is 65.6 Å². The SMILES string of the molecule is CCCCOCCCN=C(NCC)NCCN1CCN(C(=O)C2CCCC2)CC1.I. The molecule has 1 saturated carbocycles. The summed E-state index contributed by atoms with van der Waals surface area (Å²) in [5.74, 6) is 1.59. The lowest BCUT2D eigenvalue weighted by Gasteiger charge is -2.36. The van der Waals surface area contributed by atoms with Crippen molar-refractivity contribution in [3.05, 3.63) is 0 Å². The number of amides is 1. The number of carbonyl (C=O) groups excluding carboxylic acids is 1. The van der Waals surface area contributed by atoms with Crippen LogP contribution in [0.4, 0.5) is 0 Å². The fourth-order valence-corrected chi connectivity index (χ4v) is 4.00. The minimum atomic E-state index is 0. The Morgan fingerprint density at radius 1 is 1.03 bits per heavy atom. The van der Waals surface area contributed by atoms with Gasteiger partial charge in [-0.2, -0.15) is 0 Å². The van der Waals surface area contributed by atoms with E-state index in [4.69, 9.17) is 4.74 Å². The van der Waals surface area contributed by atoms with Crippen LogP contribution in [0.2, 0.25) is 0 Å². The number of aliphatic imine (C=N–C) groups is 1. The van der Waals surface area contributed by atoms with Gasteiger partial charge in [-0.05, 0) is 32.6 Å². The van der Waals surface area contributed by atoms with Crippen LogP contribution >= 0.6 is 24.0 Å². The van der Waals surface area contributed by atoms with Gasteiger partial charge in [0, 0.05) is 71.5 Å². The van der Waals surface area contributed by atoms with Crippen LogP contribution in [0.25, 0.3) is 0 Å². The highest BCUT2D eigenvalue weighted by Gasteiger charge is 2.29. The molecule has 0 aromatic carbocycles. The van der Waals surface area contributed by atoms with E-state index in [2.05, 4.69) is 39.3 Å². The van der Waals surface area contributed by atoms with Crippen LogP contribution in [0.5, 0.6) is 0 Å². The van der Waals surface area contributed by atoms with Gasteiger partial charge in [-0.15, -0.1) is 24.0 Å². The summed E-state index contributed by atoms with van der Waals surface area (Å²) < 4.78 is 5.59. The molecule has 1 heterocycles. The number of nitrogens with zero attached hydrogens (tertiary/aromatic N) is 3. The van der Waals surface area contributed by atoms with Crippen molar-refractivity contribution in [3.63, 3.8) is 0 Å². The average molecular weight is 538 g/mol. The summed E-state index contributed by atoms with van der Waals surface area (Å²) in [6.45, 7) is 13.1. The second kappa shape index (κ2) is 17.0. The molecule has 0 bridgehead atoms. The molecular weight excluding hydrogens is 493 g/mol. The number of hydrogen-bond donors (Lipinski definition) is 2. The quantitative estimate of drug-likeness (QED) is 0.174. The van der Waals surface area contributed by atoms with Gasteiger partial charge in [0.15, 0.2) is 5.96 Å². The Balaban J connectivity index is 0.00000450. The zero-order valence-electron chi connectivity index (χ0n) is 19.2. The Morgan fingerprint density at radius 2 is 1.73 bits per heavy atom. The highest BCUT2D eigenvalue weighted by atomic mass is 127. The van der Waals surface area contributed by atoms with E-state index in [0.717, 1.165) is 97.2 Å². The highest BCUT2D eigenvalue weighted by molar-refractivity contribution is 14.0. The summed E-state index contributed by atoms with van der Waals surface area (Å²) in [6.07, 6.45) is 7.92. The van der Waals surface area contributed by atoms with Crippen LogP contribution < -0.4 is 10.6 Å². The van der Waals surface area contributed by atoms with Gasteiger partial charge < -0.3 is 20.3 Å². The third-order valence-corrected chi connectivity index (χ3v) is 5.81. The molecule has 0 aromatic heterocycles. The van der Waals surface area contributed by atoms with Crippen molar-refractivity contribution < 1.29 is 9.53 Å². The fraction of sp³-hybridized carbons (Fsp3) is 0.909. The van der Waals surface area contributed by atoms with Crippen molar-refractivity contribution in [2.24, 2.45) is 10.9 Å². The second-order valence-corrected chi connectivity index (χ2v) is 8.16. The molecular formula is C22H44IN5O2. The standard InChI is InChI=1S/C22H43N5O2.HI/c1-3-5-18-29-19-8-11-24-22(23-4-2)25-12-13-26-14-16-27(17-15-26)21(28)20-9-6-7-10-20;/h20H,3-19H2,1-2H3,(H2,23,24,25);1H. The lowest BCUT2D eigenvalue weighted by molar-refractivity contribution is -0.137. The Bertz CT molecular complexity index is 478. The van der Waals surface area contributed by atoms with E-state index in [0.29, 0.717) is 11.8 Å². The summed E-state index contributed by atoms with van der Waals surface area (Å²) in [6, 6.07) is 0. The number of ether oxygens (including phenoxy) is 1. The number of nitrogens with one attached hydrogen (secondary N) is 2. The highest BCUT2D eigenvalue weighted by Crippen LogP contribution is 2.26. The zero-order valence-corrected chi connectivity index (χ0v) is 21.5. The maximum absolute atomic E-state index is 12.5. The van der Waals surface area contributed by atoms with Gasteiger partial charge in [0.05, 0.1) is 0 Å². The summed E-state index contributed by atoms with van der Waals surface area (Å²) >= 11 is 0. The molecule has 2 N–H and O–H groups in total. The molecule has 2 aliphatic rings. The molecule has 1 aliphatic heterocycles. The third-order valence-electron chi connectivity index (χ3n) is 5.81. The summed E-state index contributed by atoms with van der Waals surface area (Å²) in [4.78, 5) is 21.7. The number of unbranched alkanes of at least 4 members (excludes halogenated alkanes) is 1. The van der Waals surface area contributed by atoms with Crippen molar-refractivity contribution in [1.82, 2.24) is 20.4 Å². The summed E-state index contributed by atoms with van der Waals surface area (Å²) in [5.41, 5.74) is 0. The van der Waals surface area contributed by atoms with Gasteiger partial charge in [-0.3, -0.25) is 14.7 Å². The zero-order chi connectivity index (χ0) is 20.7. The van der Waals surface area contributed by atoms with Gasteiger partial charge in [0.1, 0.15) is 0 Å². The van der Waals surface area contributed by atoms with Crippen molar-refractivity contribution in [3.8, 4) is 0 Å². The lowest BCUT2D eigenvalue weighted by atomic mass is 10.1. The molecule has 8 heteroatoms. The first-order valence-electron chi connectivity index (χ1n) is 11.9. The molecule has 1 aliphatic carbocycles. The van der Waals surface area contributed by atoms with Gasteiger partial charge in [-0.1, -0.05) is 26.2 Å². The van der Waals surface area contributed by atoms with E-state index >= 15 is 0 Å². The van der Waals surface area contributed by atoms with Crippen LogP contribution in [0.3, 0.4) is 0 Å². The van der Waals surface area contributed by atoms with Gasteiger partial charge in [-0.25, -0.2) is 0 Å². The Morgan fingerprint density at radius 3 is 2.40 bits per heavy atom. The molecule has 2 rings (SSSR count). The molecule has 0 radical (unpaired) electrons. The molecule has 0 unspecified atom stereocenters. The molecule has 1 saturated heterocycles. The maximum atomic E-state index is 12.5. The van der Waals surface area contributed by atoms with Crippen LogP contribution in [-0.2, 0) is 9.53 Å². The van der Waals surface area contributed by atoms with E-state index in [1.807, 2.05) is 0 Å². The molecule has 0 aromatic rings. The Kier molecular flexibility index (Phi) is 15.5. The fourth-order valence-electron chi connectivity index (χ4n) is 4.00. The molecule has 7 nitrogen and oxygen atoms in total. The molecule has 0 spiro atoms. The van der Waals surface area contributed by atoms with Gasteiger partial charge in [0.2, 0.25) is 5.91 Å². The van der Waals surface area contributed by atoms with Crippen LogP contribution in [-0.4, -0.2) is 87.2 Å². The number of piperazine rings is 1. The van der Waals surface area contributed by atoms with E-state index in [-0.39, 0.29) is 24.0 Å². The van der Waals surface area contributed by atoms with Crippen LogP contribution in [0.1, 0.15) is 58.8 Å². The van der Waals surface area contributed by atoms with E-state index in [9.17, 15) is 4.79 Å². The molecule has 30 heavy (non-hydrogen) atoms. The van der Waals surface area contributed by atoms with E-state index < -0.39 is 0 Å². The minimum absolute atomic E-state index is 0. The minimum Gasteiger partial charge on any atom is -0.381 e. The Labute approximate surface area is 200 Å². The van der Waals surface area contributed by atoms with Gasteiger partial charge in [0.25, 0.3) is 0 Å². The number of carbonyl (C=O) groups is 1. The molecule has 1 amide bonds. The van der Waals surface area contributed by atoms with E-state index in [1.165, 1.54) is 19.3 Å². The molecule has 176 valence electrons.